The number of hydrogen-bond acceptors (Lipinski definition) is 7. The summed E-state index contributed by atoms with van der Waals surface area (Å²) in [5.74, 6) is 0.797. The van der Waals surface area contributed by atoms with Crippen LogP contribution in [0.4, 0.5) is 0 Å². The van der Waals surface area contributed by atoms with Gasteiger partial charge in [0.1, 0.15) is 0 Å². The molecule has 0 saturated carbocycles. The Kier molecular flexibility index (Phi) is 8.17. The summed E-state index contributed by atoms with van der Waals surface area (Å²) < 4.78 is 1.61. The zero-order chi connectivity index (χ0) is 19.8. The third-order valence-corrected chi connectivity index (χ3v) is 7.03. The van der Waals surface area contributed by atoms with Crippen LogP contribution in [0.5, 0.6) is 0 Å². The Bertz CT molecular complexity index is 946. The summed E-state index contributed by atoms with van der Waals surface area (Å²) in [7, 11) is 0. The molecule has 0 spiro atoms. The number of thioether (sulfide) groups is 2. The molecule has 0 aliphatic carbocycles. The van der Waals surface area contributed by atoms with Crippen LogP contribution in [-0.2, 0) is 10.5 Å². The van der Waals surface area contributed by atoms with E-state index < -0.39 is 0 Å². The summed E-state index contributed by atoms with van der Waals surface area (Å²) in [6.07, 6.45) is 1.56. The first-order valence-electron chi connectivity index (χ1n) is 7.99. The highest BCUT2D eigenvalue weighted by Crippen LogP contribution is 2.30. The molecule has 2 aromatic carbocycles. The van der Waals surface area contributed by atoms with Gasteiger partial charge in [-0.05, 0) is 35.4 Å². The SMILES string of the molecule is O=C(CSc1nnc(SCc2ccc(Cl)cc2)s1)N/N=C\c1ccc(Cl)cc1. The smallest absolute Gasteiger partial charge is 0.250 e. The molecule has 0 fully saturated rings. The molecule has 5 nitrogen and oxygen atoms in total. The van der Waals surface area contributed by atoms with E-state index >= 15 is 0 Å². The number of aromatic nitrogens is 2. The van der Waals surface area contributed by atoms with Gasteiger partial charge < -0.3 is 0 Å². The van der Waals surface area contributed by atoms with Crippen molar-refractivity contribution < 1.29 is 4.79 Å². The Morgan fingerprint density at radius 1 is 1.00 bits per heavy atom. The van der Waals surface area contributed by atoms with Crippen LogP contribution in [0.2, 0.25) is 10.0 Å². The molecule has 0 bridgehead atoms. The van der Waals surface area contributed by atoms with Gasteiger partial charge in [-0.2, -0.15) is 5.10 Å². The second kappa shape index (κ2) is 10.8. The number of amides is 1. The van der Waals surface area contributed by atoms with Crippen molar-refractivity contribution in [1.29, 1.82) is 0 Å². The highest BCUT2D eigenvalue weighted by Gasteiger charge is 2.08. The first-order chi connectivity index (χ1) is 13.6. The van der Waals surface area contributed by atoms with Crippen LogP contribution in [0.1, 0.15) is 11.1 Å². The minimum atomic E-state index is -0.208. The Morgan fingerprint density at radius 3 is 2.29 bits per heavy atom. The maximum atomic E-state index is 11.9. The second-order valence-corrected chi connectivity index (χ2v) is 9.68. The summed E-state index contributed by atoms with van der Waals surface area (Å²) in [6.45, 7) is 0. The lowest BCUT2D eigenvalue weighted by Gasteiger charge is -1.98. The van der Waals surface area contributed by atoms with Gasteiger partial charge >= 0.3 is 0 Å². The Balaban J connectivity index is 1.40. The van der Waals surface area contributed by atoms with Gasteiger partial charge in [-0.3, -0.25) is 4.79 Å². The van der Waals surface area contributed by atoms with E-state index in [-0.39, 0.29) is 11.7 Å². The molecule has 1 heterocycles. The molecule has 0 aliphatic rings. The molecule has 1 N–H and O–H groups in total. The quantitative estimate of drug-likeness (QED) is 0.273. The first-order valence-corrected chi connectivity index (χ1v) is 11.5. The minimum absolute atomic E-state index is 0.208. The zero-order valence-electron chi connectivity index (χ0n) is 14.3. The third-order valence-electron chi connectivity index (χ3n) is 3.26. The van der Waals surface area contributed by atoms with Crippen molar-refractivity contribution in [3.63, 3.8) is 0 Å². The van der Waals surface area contributed by atoms with E-state index in [2.05, 4.69) is 20.7 Å². The summed E-state index contributed by atoms with van der Waals surface area (Å²) in [5, 5.41) is 13.6. The number of hydrogen-bond donors (Lipinski definition) is 1. The molecule has 0 aliphatic heterocycles. The third kappa shape index (κ3) is 7.10. The highest BCUT2D eigenvalue weighted by molar-refractivity contribution is 8.03. The predicted octanol–water partition coefficient (Wildman–Crippen LogP) is 5.38. The molecule has 0 radical (unpaired) electrons. The van der Waals surface area contributed by atoms with E-state index in [1.165, 1.54) is 23.1 Å². The number of nitrogens with one attached hydrogen (secondary N) is 1. The van der Waals surface area contributed by atoms with Crippen molar-refractivity contribution in [3.8, 4) is 0 Å². The van der Waals surface area contributed by atoms with Gasteiger partial charge in [0, 0.05) is 15.8 Å². The van der Waals surface area contributed by atoms with Crippen molar-refractivity contribution in [1.82, 2.24) is 15.6 Å². The van der Waals surface area contributed by atoms with E-state index in [0.29, 0.717) is 5.02 Å². The van der Waals surface area contributed by atoms with E-state index in [4.69, 9.17) is 23.2 Å². The number of nitrogens with zero attached hydrogens (tertiary/aromatic N) is 3. The largest absolute Gasteiger partial charge is 0.272 e. The lowest BCUT2D eigenvalue weighted by atomic mass is 10.2. The molecule has 3 aromatic rings. The Hall–Kier alpha value is -1.58. The molecular formula is C18H14Cl2N4OS3. The van der Waals surface area contributed by atoms with Crippen LogP contribution in [-0.4, -0.2) is 28.1 Å². The molecule has 144 valence electrons. The summed E-state index contributed by atoms with van der Waals surface area (Å²) in [5.41, 5.74) is 4.51. The number of hydrazone groups is 1. The number of benzene rings is 2. The fourth-order valence-electron chi connectivity index (χ4n) is 1.93. The van der Waals surface area contributed by atoms with Gasteiger partial charge in [0.15, 0.2) is 8.68 Å². The zero-order valence-corrected chi connectivity index (χ0v) is 18.3. The monoisotopic (exact) mass is 468 g/mol. The Morgan fingerprint density at radius 2 is 1.61 bits per heavy atom. The van der Waals surface area contributed by atoms with Crippen LogP contribution in [0.25, 0.3) is 0 Å². The minimum Gasteiger partial charge on any atom is -0.272 e. The second-order valence-electron chi connectivity index (χ2n) is 5.38. The molecule has 28 heavy (non-hydrogen) atoms. The molecule has 3 rings (SSSR count). The number of halogens is 2. The van der Waals surface area contributed by atoms with E-state index in [0.717, 1.165) is 30.6 Å². The average molecular weight is 469 g/mol. The van der Waals surface area contributed by atoms with Gasteiger partial charge in [-0.15, -0.1) is 10.2 Å². The fourth-order valence-corrected chi connectivity index (χ4v) is 4.95. The predicted molar refractivity (Wildman–Crippen MR) is 119 cm³/mol. The van der Waals surface area contributed by atoms with Crippen LogP contribution in [0.15, 0.2) is 62.3 Å². The summed E-state index contributed by atoms with van der Waals surface area (Å²) in [4.78, 5) is 11.9. The Labute approximate surface area is 184 Å². The molecule has 0 saturated heterocycles. The lowest BCUT2D eigenvalue weighted by Crippen LogP contribution is -2.19. The van der Waals surface area contributed by atoms with E-state index in [1.54, 1.807) is 30.1 Å². The van der Waals surface area contributed by atoms with Crippen molar-refractivity contribution in [3.05, 3.63) is 69.7 Å². The standard InChI is InChI=1S/C18H14Cl2N4OS3/c19-14-5-1-12(2-6-14)9-21-22-16(25)11-27-18-24-23-17(28-18)26-10-13-3-7-15(20)8-4-13/h1-9H,10-11H2,(H,22,25)/b21-9-. The van der Waals surface area contributed by atoms with Gasteiger partial charge in [0.25, 0.3) is 5.91 Å². The molecule has 1 amide bonds. The topological polar surface area (TPSA) is 67.2 Å². The number of rotatable bonds is 8. The molecular weight excluding hydrogens is 455 g/mol. The van der Waals surface area contributed by atoms with Gasteiger partial charge in [-0.1, -0.05) is 82.3 Å². The number of carbonyl (C=O) groups excluding carboxylic acids is 1. The van der Waals surface area contributed by atoms with Crippen molar-refractivity contribution in [2.45, 2.75) is 14.4 Å². The maximum absolute atomic E-state index is 11.9. The average Bonchev–Trinajstić information content (AvgIpc) is 3.15. The number of carbonyl (C=O) groups is 1. The normalized spacial score (nSPS) is 11.1. The fraction of sp³-hybridized carbons (Fsp3) is 0.111. The maximum Gasteiger partial charge on any atom is 0.250 e. The van der Waals surface area contributed by atoms with Crippen molar-refractivity contribution in [2.24, 2.45) is 5.10 Å². The van der Waals surface area contributed by atoms with E-state index in [1.807, 2.05) is 36.4 Å². The first kappa shape index (κ1) is 21.1. The lowest BCUT2D eigenvalue weighted by molar-refractivity contribution is -0.118. The van der Waals surface area contributed by atoms with Crippen LogP contribution in [0, 0.1) is 0 Å². The van der Waals surface area contributed by atoms with E-state index in [9.17, 15) is 4.79 Å². The van der Waals surface area contributed by atoms with Crippen LogP contribution >= 0.6 is 58.1 Å². The van der Waals surface area contributed by atoms with Gasteiger partial charge in [0.2, 0.25) is 0 Å². The van der Waals surface area contributed by atoms with Crippen LogP contribution < -0.4 is 5.43 Å². The van der Waals surface area contributed by atoms with Gasteiger partial charge in [0.05, 0.1) is 12.0 Å². The highest BCUT2D eigenvalue weighted by atomic mass is 35.5. The molecule has 0 unspecified atom stereocenters. The summed E-state index contributed by atoms with van der Waals surface area (Å²) >= 11 is 16.1. The summed E-state index contributed by atoms with van der Waals surface area (Å²) in [6, 6.07) is 14.9. The molecule has 1 aromatic heterocycles. The van der Waals surface area contributed by atoms with Crippen molar-refractivity contribution in [2.75, 3.05) is 5.75 Å². The van der Waals surface area contributed by atoms with Gasteiger partial charge in [-0.25, -0.2) is 5.43 Å². The molecule has 10 heteroatoms. The van der Waals surface area contributed by atoms with Crippen LogP contribution in [0.3, 0.4) is 0 Å². The van der Waals surface area contributed by atoms with Crippen molar-refractivity contribution >= 4 is 70.2 Å². The molecule has 0 atom stereocenters.